The van der Waals surface area contributed by atoms with Gasteiger partial charge < -0.3 is 14.6 Å². The maximum Gasteiger partial charge on any atom is 0.161 e. The van der Waals surface area contributed by atoms with Crippen molar-refractivity contribution in [3.63, 3.8) is 0 Å². The van der Waals surface area contributed by atoms with Crippen molar-refractivity contribution in [3.8, 4) is 17.2 Å². The Morgan fingerprint density at radius 2 is 1.70 bits per heavy atom. The van der Waals surface area contributed by atoms with Crippen molar-refractivity contribution in [3.05, 3.63) is 65.6 Å². The van der Waals surface area contributed by atoms with E-state index in [1.807, 2.05) is 42.6 Å². The highest BCUT2D eigenvalue weighted by molar-refractivity contribution is 5.91. The van der Waals surface area contributed by atoms with Crippen LogP contribution in [0.4, 0.5) is 0 Å². The molecule has 1 N–H and O–H groups in total. The molecular formula is C25H28N2O3. The minimum atomic E-state index is 0. The fourth-order valence-electron chi connectivity index (χ4n) is 3.72. The number of para-hydroxylation sites is 1. The van der Waals surface area contributed by atoms with Crippen molar-refractivity contribution in [1.29, 1.82) is 0 Å². The molecule has 0 radical (unpaired) electrons. The van der Waals surface area contributed by atoms with Crippen molar-refractivity contribution in [2.75, 3.05) is 14.2 Å². The third-order valence-electron chi connectivity index (χ3n) is 5.17. The summed E-state index contributed by atoms with van der Waals surface area (Å²) in [7, 11) is 3.29. The van der Waals surface area contributed by atoms with Gasteiger partial charge in [0.15, 0.2) is 11.5 Å². The number of hydrogen-bond donors (Lipinski definition) is 1. The van der Waals surface area contributed by atoms with E-state index >= 15 is 0 Å². The zero-order chi connectivity index (χ0) is 20.4. The number of aryl methyl sites for hydroxylation is 1. The number of nitrogens with zero attached hydrogens (tertiary/aromatic N) is 2. The Bertz CT molecular complexity index is 1190. The molecule has 4 rings (SSSR count). The number of phenols is 1. The zero-order valence-corrected chi connectivity index (χ0v) is 16.9. The highest BCUT2D eigenvalue weighted by atomic mass is 16.5. The average molecular weight is 405 g/mol. The minimum Gasteiger partial charge on any atom is -0.506 e. The van der Waals surface area contributed by atoms with E-state index in [2.05, 4.69) is 11.9 Å². The van der Waals surface area contributed by atoms with Gasteiger partial charge in [-0.15, -0.1) is 0 Å². The van der Waals surface area contributed by atoms with E-state index in [0.717, 1.165) is 46.0 Å². The number of hydrogen-bond acceptors (Lipinski definition) is 5. The summed E-state index contributed by atoms with van der Waals surface area (Å²) in [5.74, 6) is 1.58. The van der Waals surface area contributed by atoms with Crippen LogP contribution in [0.15, 0.2) is 48.7 Å². The molecule has 0 saturated heterocycles. The SMILES string of the molecule is C.CCCc1ncc(Cc2ccc3cccc(O)c3n2)c2cc(OC)c(OC)cc12. The van der Waals surface area contributed by atoms with Crippen molar-refractivity contribution in [2.24, 2.45) is 0 Å². The molecule has 5 nitrogen and oxygen atoms in total. The summed E-state index contributed by atoms with van der Waals surface area (Å²) in [5.41, 5.74) is 3.60. The molecule has 0 atom stereocenters. The number of aromatic nitrogens is 2. The maximum atomic E-state index is 10.1. The van der Waals surface area contributed by atoms with Crippen LogP contribution in [0, 0.1) is 0 Å². The van der Waals surface area contributed by atoms with Crippen LogP contribution in [0.25, 0.3) is 21.7 Å². The molecule has 156 valence electrons. The van der Waals surface area contributed by atoms with Gasteiger partial charge in [-0.05, 0) is 41.6 Å². The van der Waals surface area contributed by atoms with Crippen LogP contribution in [0.2, 0.25) is 0 Å². The lowest BCUT2D eigenvalue weighted by Gasteiger charge is -2.14. The summed E-state index contributed by atoms with van der Waals surface area (Å²) in [6, 6.07) is 13.4. The molecule has 30 heavy (non-hydrogen) atoms. The summed E-state index contributed by atoms with van der Waals surface area (Å²) in [4.78, 5) is 9.41. The van der Waals surface area contributed by atoms with Crippen LogP contribution < -0.4 is 9.47 Å². The highest BCUT2D eigenvalue weighted by Crippen LogP contribution is 2.35. The Hall–Kier alpha value is -3.34. The van der Waals surface area contributed by atoms with Crippen molar-refractivity contribution in [1.82, 2.24) is 9.97 Å². The molecule has 0 fully saturated rings. The molecule has 2 heterocycles. The van der Waals surface area contributed by atoms with Gasteiger partial charge in [-0.1, -0.05) is 39.0 Å². The van der Waals surface area contributed by atoms with E-state index in [0.29, 0.717) is 23.4 Å². The summed E-state index contributed by atoms with van der Waals surface area (Å²) >= 11 is 0. The summed E-state index contributed by atoms with van der Waals surface area (Å²) < 4.78 is 11.0. The second kappa shape index (κ2) is 8.99. The fourth-order valence-corrected chi connectivity index (χ4v) is 3.72. The van der Waals surface area contributed by atoms with Gasteiger partial charge in [0.2, 0.25) is 0 Å². The lowest BCUT2D eigenvalue weighted by molar-refractivity contribution is 0.356. The number of methoxy groups -OCH3 is 2. The maximum absolute atomic E-state index is 10.1. The highest BCUT2D eigenvalue weighted by Gasteiger charge is 2.14. The second-order valence-electron chi connectivity index (χ2n) is 7.06. The zero-order valence-electron chi connectivity index (χ0n) is 16.9. The summed E-state index contributed by atoms with van der Waals surface area (Å²) in [5, 5.41) is 13.2. The molecule has 0 spiro atoms. The molecule has 4 aromatic rings. The van der Waals surface area contributed by atoms with Crippen molar-refractivity contribution >= 4 is 21.7 Å². The quantitative estimate of drug-likeness (QED) is 0.447. The Morgan fingerprint density at radius 1 is 0.967 bits per heavy atom. The molecule has 0 bridgehead atoms. The van der Waals surface area contributed by atoms with Crippen molar-refractivity contribution in [2.45, 2.75) is 33.6 Å². The van der Waals surface area contributed by atoms with E-state index in [-0.39, 0.29) is 13.2 Å². The van der Waals surface area contributed by atoms with E-state index in [9.17, 15) is 5.11 Å². The van der Waals surface area contributed by atoms with Gasteiger partial charge in [0.25, 0.3) is 0 Å². The third-order valence-corrected chi connectivity index (χ3v) is 5.17. The first-order valence-electron chi connectivity index (χ1n) is 9.74. The van der Waals surface area contributed by atoms with E-state index in [4.69, 9.17) is 14.5 Å². The van der Waals surface area contributed by atoms with Crippen LogP contribution in [0.3, 0.4) is 0 Å². The Kier molecular flexibility index (Phi) is 6.40. The molecule has 2 aromatic heterocycles. The first-order valence-corrected chi connectivity index (χ1v) is 9.74. The van der Waals surface area contributed by atoms with Gasteiger partial charge in [0, 0.05) is 34.8 Å². The number of pyridine rings is 2. The predicted molar refractivity (Wildman–Crippen MR) is 122 cm³/mol. The smallest absolute Gasteiger partial charge is 0.161 e. The van der Waals surface area contributed by atoms with Crippen LogP contribution in [0.5, 0.6) is 17.2 Å². The topological polar surface area (TPSA) is 64.5 Å². The van der Waals surface area contributed by atoms with Gasteiger partial charge in [0.1, 0.15) is 11.3 Å². The predicted octanol–water partition coefficient (Wildman–Crippen LogP) is 5.69. The number of ether oxygens (including phenoxy) is 2. The first-order chi connectivity index (χ1) is 14.1. The summed E-state index contributed by atoms with van der Waals surface area (Å²) in [6.07, 6.45) is 4.45. The van der Waals surface area contributed by atoms with E-state index in [1.54, 1.807) is 20.3 Å². The largest absolute Gasteiger partial charge is 0.506 e. The normalized spacial score (nSPS) is 10.8. The van der Waals surface area contributed by atoms with E-state index in [1.165, 1.54) is 0 Å². The van der Waals surface area contributed by atoms with Crippen molar-refractivity contribution < 1.29 is 14.6 Å². The number of aromatic hydroxyl groups is 1. The molecule has 0 unspecified atom stereocenters. The molecular weight excluding hydrogens is 376 g/mol. The van der Waals surface area contributed by atoms with Gasteiger partial charge in [-0.25, -0.2) is 4.98 Å². The Morgan fingerprint density at radius 3 is 2.40 bits per heavy atom. The number of benzene rings is 2. The lowest BCUT2D eigenvalue weighted by atomic mass is 9.99. The average Bonchev–Trinajstić information content (AvgIpc) is 2.75. The monoisotopic (exact) mass is 404 g/mol. The molecule has 0 saturated carbocycles. The van der Waals surface area contributed by atoms with Crippen LogP contribution >= 0.6 is 0 Å². The molecule has 2 aromatic carbocycles. The third kappa shape index (κ3) is 3.88. The van der Waals surface area contributed by atoms with E-state index < -0.39 is 0 Å². The molecule has 0 aliphatic heterocycles. The van der Waals surface area contributed by atoms with Crippen LogP contribution in [-0.4, -0.2) is 29.3 Å². The number of phenolic OH excluding ortho intramolecular Hbond substituents is 1. The van der Waals surface area contributed by atoms with Gasteiger partial charge in [0.05, 0.1) is 14.2 Å². The lowest BCUT2D eigenvalue weighted by Crippen LogP contribution is -2.00. The van der Waals surface area contributed by atoms with Gasteiger partial charge in [-0.2, -0.15) is 0 Å². The molecule has 5 heteroatoms. The Labute approximate surface area is 177 Å². The number of rotatable bonds is 6. The standard InChI is InChI=1S/C24H24N2O3.CH4/c1-4-6-20-19-13-23(29-3)22(28-2)12-18(19)16(14-25-20)11-17-10-9-15-7-5-8-21(27)24(15)26-17;/h5,7-10,12-14,27H,4,6,11H2,1-3H3;1H4. The second-order valence-corrected chi connectivity index (χ2v) is 7.06. The fraction of sp³-hybridized carbons (Fsp3) is 0.280. The first kappa shape index (κ1) is 21.4. The molecule has 0 aliphatic carbocycles. The van der Waals surface area contributed by atoms with Gasteiger partial charge >= 0.3 is 0 Å². The van der Waals surface area contributed by atoms with Crippen LogP contribution in [0.1, 0.15) is 37.7 Å². The Balaban J connectivity index is 0.00000256. The van der Waals surface area contributed by atoms with Gasteiger partial charge in [-0.3, -0.25) is 4.98 Å². The number of fused-ring (bicyclic) bond motifs is 2. The van der Waals surface area contributed by atoms with Crippen LogP contribution in [-0.2, 0) is 12.8 Å². The summed E-state index contributed by atoms with van der Waals surface area (Å²) in [6.45, 7) is 2.15. The molecule has 0 aliphatic rings. The minimum absolute atomic E-state index is 0. The molecule has 0 amide bonds.